The summed E-state index contributed by atoms with van der Waals surface area (Å²) in [6, 6.07) is 1.25. The SMILES string of the molecule is CCC(N)(CC)CNC(=O)c1cc(S(=O)(=O)N(C)C)oc1C. The minimum atomic E-state index is -3.70. The third kappa shape index (κ3) is 3.88. The Morgan fingerprint density at radius 2 is 1.91 bits per heavy atom. The molecule has 1 amide bonds. The number of aryl methyl sites for hydroxylation is 1. The second-order valence-electron chi connectivity index (χ2n) is 5.57. The number of amides is 1. The number of carbonyl (C=O) groups excluding carboxylic acids is 1. The summed E-state index contributed by atoms with van der Waals surface area (Å²) in [5.74, 6) is -0.133. The lowest BCUT2D eigenvalue weighted by Crippen LogP contribution is -2.49. The van der Waals surface area contributed by atoms with Crippen LogP contribution in [0.4, 0.5) is 0 Å². The third-order valence-electron chi connectivity index (χ3n) is 3.88. The molecule has 1 heterocycles. The second kappa shape index (κ2) is 6.80. The Kier molecular flexibility index (Phi) is 5.77. The molecule has 3 N–H and O–H groups in total. The van der Waals surface area contributed by atoms with Crippen molar-refractivity contribution in [2.45, 2.75) is 44.2 Å². The van der Waals surface area contributed by atoms with Crippen molar-refractivity contribution in [2.75, 3.05) is 20.6 Å². The van der Waals surface area contributed by atoms with E-state index in [2.05, 4.69) is 5.32 Å². The lowest BCUT2D eigenvalue weighted by atomic mass is 9.94. The molecule has 0 saturated heterocycles. The van der Waals surface area contributed by atoms with Gasteiger partial charge in [-0.3, -0.25) is 4.79 Å². The van der Waals surface area contributed by atoms with E-state index in [1.54, 1.807) is 6.92 Å². The van der Waals surface area contributed by atoms with Gasteiger partial charge in [0.25, 0.3) is 15.9 Å². The Balaban J connectivity index is 2.95. The highest BCUT2D eigenvalue weighted by Crippen LogP contribution is 2.21. The lowest BCUT2D eigenvalue weighted by Gasteiger charge is -2.26. The highest BCUT2D eigenvalue weighted by Gasteiger charge is 2.27. The van der Waals surface area contributed by atoms with Crippen LogP contribution < -0.4 is 11.1 Å². The number of nitrogens with one attached hydrogen (secondary N) is 1. The average Bonchev–Trinajstić information content (AvgIpc) is 2.87. The molecule has 22 heavy (non-hydrogen) atoms. The molecule has 1 aromatic rings. The Hall–Kier alpha value is -1.38. The maximum absolute atomic E-state index is 12.2. The molecule has 0 saturated carbocycles. The van der Waals surface area contributed by atoms with Crippen LogP contribution in [0.1, 0.15) is 42.8 Å². The van der Waals surface area contributed by atoms with E-state index in [0.717, 1.165) is 17.1 Å². The molecule has 0 aliphatic carbocycles. The summed E-state index contributed by atoms with van der Waals surface area (Å²) in [6.07, 6.45) is 1.46. The maximum Gasteiger partial charge on any atom is 0.275 e. The minimum Gasteiger partial charge on any atom is -0.448 e. The summed E-state index contributed by atoms with van der Waals surface area (Å²) in [4.78, 5) is 12.2. The van der Waals surface area contributed by atoms with Crippen molar-refractivity contribution in [3.8, 4) is 0 Å². The predicted octanol–water partition coefficient (Wildman–Crippen LogP) is 1.09. The van der Waals surface area contributed by atoms with Crippen molar-refractivity contribution in [1.29, 1.82) is 0 Å². The molecule has 1 rings (SSSR count). The summed E-state index contributed by atoms with van der Waals surface area (Å²) in [5, 5.41) is 2.50. The summed E-state index contributed by atoms with van der Waals surface area (Å²) < 4.78 is 30.3. The van der Waals surface area contributed by atoms with Gasteiger partial charge in [0, 0.05) is 32.2 Å². The Morgan fingerprint density at radius 1 is 1.36 bits per heavy atom. The van der Waals surface area contributed by atoms with E-state index in [1.807, 2.05) is 13.8 Å². The number of rotatable bonds is 7. The van der Waals surface area contributed by atoms with Crippen molar-refractivity contribution in [2.24, 2.45) is 5.73 Å². The molecule has 126 valence electrons. The van der Waals surface area contributed by atoms with E-state index in [0.29, 0.717) is 6.54 Å². The predicted molar refractivity (Wildman–Crippen MR) is 84.2 cm³/mol. The first-order valence-corrected chi connectivity index (χ1v) is 8.61. The van der Waals surface area contributed by atoms with Gasteiger partial charge in [0.1, 0.15) is 5.76 Å². The highest BCUT2D eigenvalue weighted by atomic mass is 32.2. The van der Waals surface area contributed by atoms with Crippen molar-refractivity contribution in [1.82, 2.24) is 9.62 Å². The third-order valence-corrected chi connectivity index (χ3v) is 5.56. The Labute approximate surface area is 131 Å². The van der Waals surface area contributed by atoms with Gasteiger partial charge in [0.2, 0.25) is 5.09 Å². The van der Waals surface area contributed by atoms with Gasteiger partial charge in [-0.2, -0.15) is 0 Å². The smallest absolute Gasteiger partial charge is 0.275 e. The summed E-state index contributed by atoms with van der Waals surface area (Å²) >= 11 is 0. The summed E-state index contributed by atoms with van der Waals surface area (Å²) in [7, 11) is -0.901. The molecule has 0 atom stereocenters. The molecular formula is C14H25N3O4S. The average molecular weight is 331 g/mol. The van der Waals surface area contributed by atoms with Gasteiger partial charge in [0.05, 0.1) is 5.56 Å². The monoisotopic (exact) mass is 331 g/mol. The molecule has 1 aromatic heterocycles. The quantitative estimate of drug-likeness (QED) is 0.778. The second-order valence-corrected chi connectivity index (χ2v) is 7.66. The van der Waals surface area contributed by atoms with Crippen LogP contribution in [-0.4, -0.2) is 44.8 Å². The van der Waals surface area contributed by atoms with Gasteiger partial charge >= 0.3 is 0 Å². The highest BCUT2D eigenvalue weighted by molar-refractivity contribution is 7.88. The first-order valence-electron chi connectivity index (χ1n) is 7.17. The fourth-order valence-corrected chi connectivity index (χ4v) is 2.70. The summed E-state index contributed by atoms with van der Waals surface area (Å²) in [5.41, 5.74) is 5.87. The van der Waals surface area contributed by atoms with Crippen molar-refractivity contribution in [3.63, 3.8) is 0 Å². The van der Waals surface area contributed by atoms with E-state index in [1.165, 1.54) is 20.2 Å². The Morgan fingerprint density at radius 3 is 2.36 bits per heavy atom. The molecule has 0 fully saturated rings. The van der Waals surface area contributed by atoms with Crippen LogP contribution in [-0.2, 0) is 10.0 Å². The molecule has 0 unspecified atom stereocenters. The van der Waals surface area contributed by atoms with E-state index >= 15 is 0 Å². The molecule has 0 bridgehead atoms. The van der Waals surface area contributed by atoms with Crippen molar-refractivity contribution in [3.05, 3.63) is 17.4 Å². The maximum atomic E-state index is 12.2. The lowest BCUT2D eigenvalue weighted by molar-refractivity contribution is 0.0940. The normalized spacial score (nSPS) is 12.7. The van der Waals surface area contributed by atoms with E-state index in [4.69, 9.17) is 10.2 Å². The fraction of sp³-hybridized carbons (Fsp3) is 0.643. The summed E-state index contributed by atoms with van der Waals surface area (Å²) in [6.45, 7) is 5.79. The first kappa shape index (κ1) is 18.7. The number of nitrogens with two attached hydrogens (primary N) is 1. The van der Waals surface area contributed by atoms with E-state index in [9.17, 15) is 13.2 Å². The molecule has 8 heteroatoms. The Bertz CT molecular complexity index is 631. The number of hydrogen-bond acceptors (Lipinski definition) is 5. The topological polar surface area (TPSA) is 106 Å². The molecule has 0 aliphatic rings. The standard InChI is InChI=1S/C14H25N3O4S/c1-6-14(15,7-2)9-16-13(18)11-8-12(21-10(11)3)22(19,20)17(4)5/h8H,6-7,9,15H2,1-5H3,(H,16,18). The molecule has 0 aliphatic heterocycles. The zero-order valence-corrected chi connectivity index (χ0v) is 14.6. The molecule has 0 aromatic carbocycles. The van der Waals surface area contributed by atoms with Gasteiger partial charge in [0.15, 0.2) is 0 Å². The molecule has 0 radical (unpaired) electrons. The first-order chi connectivity index (χ1) is 10.1. The van der Waals surface area contributed by atoms with Crippen LogP contribution in [0.25, 0.3) is 0 Å². The van der Waals surface area contributed by atoms with Crippen LogP contribution >= 0.6 is 0 Å². The van der Waals surface area contributed by atoms with Crippen LogP contribution in [0.15, 0.2) is 15.6 Å². The number of hydrogen-bond donors (Lipinski definition) is 2. The van der Waals surface area contributed by atoms with Gasteiger partial charge in [-0.1, -0.05) is 13.8 Å². The largest absolute Gasteiger partial charge is 0.448 e. The zero-order valence-electron chi connectivity index (χ0n) is 13.8. The fourth-order valence-electron chi connectivity index (χ4n) is 1.84. The number of nitrogens with zero attached hydrogens (tertiary/aromatic N) is 1. The number of furan rings is 1. The van der Waals surface area contributed by atoms with Gasteiger partial charge < -0.3 is 15.5 Å². The molecule has 7 nitrogen and oxygen atoms in total. The van der Waals surface area contributed by atoms with Gasteiger partial charge in [-0.05, 0) is 19.8 Å². The van der Waals surface area contributed by atoms with E-state index < -0.39 is 21.5 Å². The van der Waals surface area contributed by atoms with E-state index in [-0.39, 0.29) is 16.4 Å². The van der Waals surface area contributed by atoms with Crippen LogP contribution in [0, 0.1) is 6.92 Å². The zero-order chi connectivity index (χ0) is 17.1. The van der Waals surface area contributed by atoms with Crippen LogP contribution in [0.3, 0.4) is 0 Å². The van der Waals surface area contributed by atoms with Crippen LogP contribution in [0.5, 0.6) is 0 Å². The van der Waals surface area contributed by atoms with Crippen molar-refractivity contribution >= 4 is 15.9 Å². The van der Waals surface area contributed by atoms with Crippen LogP contribution in [0.2, 0.25) is 0 Å². The number of carbonyl (C=O) groups is 1. The van der Waals surface area contributed by atoms with Crippen molar-refractivity contribution < 1.29 is 17.6 Å². The molecular weight excluding hydrogens is 306 g/mol. The van der Waals surface area contributed by atoms with Gasteiger partial charge in [-0.25, -0.2) is 12.7 Å². The van der Waals surface area contributed by atoms with Gasteiger partial charge in [-0.15, -0.1) is 0 Å². The minimum absolute atomic E-state index is 0.204. The number of sulfonamides is 1. The molecule has 0 spiro atoms.